The molecule has 19 heavy (non-hydrogen) atoms. The molecule has 1 fully saturated rings. The fourth-order valence-electron chi connectivity index (χ4n) is 3.12. The van der Waals surface area contributed by atoms with E-state index in [1.165, 1.54) is 0 Å². The third kappa shape index (κ3) is 2.49. The number of hydrogen-bond donors (Lipinski definition) is 0. The SMILES string of the molecule is C[C@H]1CC[C@H]2C=C(OS(=O)(=O)C(F)(F)F)CC[C@@]21C. The summed E-state index contributed by atoms with van der Waals surface area (Å²) < 4.78 is 62.9. The number of rotatable bonds is 2. The number of fused-ring (bicyclic) bond motifs is 1. The van der Waals surface area contributed by atoms with E-state index in [1.54, 1.807) is 6.08 Å². The van der Waals surface area contributed by atoms with E-state index in [4.69, 9.17) is 0 Å². The van der Waals surface area contributed by atoms with Crippen LogP contribution < -0.4 is 0 Å². The van der Waals surface area contributed by atoms with E-state index in [2.05, 4.69) is 18.0 Å². The Balaban J connectivity index is 2.18. The molecule has 0 saturated heterocycles. The fourth-order valence-corrected chi connectivity index (χ4v) is 3.63. The maximum atomic E-state index is 12.3. The van der Waals surface area contributed by atoms with Crippen molar-refractivity contribution in [2.75, 3.05) is 0 Å². The summed E-state index contributed by atoms with van der Waals surface area (Å²) in [7, 11) is -5.53. The van der Waals surface area contributed by atoms with Crippen LogP contribution in [0.2, 0.25) is 0 Å². The quantitative estimate of drug-likeness (QED) is 0.578. The highest BCUT2D eigenvalue weighted by atomic mass is 32.2. The maximum Gasteiger partial charge on any atom is 0.534 e. The Kier molecular flexibility index (Phi) is 3.40. The lowest BCUT2D eigenvalue weighted by atomic mass is 9.68. The lowest BCUT2D eigenvalue weighted by molar-refractivity contribution is -0.0526. The zero-order valence-electron chi connectivity index (χ0n) is 10.8. The molecule has 3 nitrogen and oxygen atoms in total. The monoisotopic (exact) mass is 298 g/mol. The second-order valence-electron chi connectivity index (χ2n) is 5.71. The zero-order chi connectivity index (χ0) is 14.5. The van der Waals surface area contributed by atoms with Crippen LogP contribution in [0.15, 0.2) is 11.8 Å². The molecule has 0 aliphatic heterocycles. The first kappa shape index (κ1) is 14.7. The van der Waals surface area contributed by atoms with Crippen LogP contribution in [-0.2, 0) is 14.3 Å². The molecule has 0 aromatic heterocycles. The maximum absolute atomic E-state index is 12.3. The molecular formula is C12H17F3O3S. The highest BCUT2D eigenvalue weighted by Gasteiger charge is 2.50. The van der Waals surface area contributed by atoms with Crippen molar-refractivity contribution in [3.63, 3.8) is 0 Å². The van der Waals surface area contributed by atoms with Crippen molar-refractivity contribution in [1.82, 2.24) is 0 Å². The van der Waals surface area contributed by atoms with Crippen molar-refractivity contribution in [1.29, 1.82) is 0 Å². The van der Waals surface area contributed by atoms with Crippen molar-refractivity contribution in [2.45, 2.75) is 45.0 Å². The van der Waals surface area contributed by atoms with Gasteiger partial charge in [0.15, 0.2) is 0 Å². The van der Waals surface area contributed by atoms with Gasteiger partial charge < -0.3 is 4.18 Å². The van der Waals surface area contributed by atoms with Crippen LogP contribution in [-0.4, -0.2) is 13.9 Å². The Hall–Kier alpha value is -0.720. The van der Waals surface area contributed by atoms with E-state index >= 15 is 0 Å². The topological polar surface area (TPSA) is 43.4 Å². The van der Waals surface area contributed by atoms with Crippen molar-refractivity contribution >= 4 is 10.1 Å². The summed E-state index contributed by atoms with van der Waals surface area (Å²) >= 11 is 0. The number of hydrogen-bond acceptors (Lipinski definition) is 3. The minimum absolute atomic E-state index is 0.0505. The molecule has 0 heterocycles. The summed E-state index contributed by atoms with van der Waals surface area (Å²) in [5.74, 6) is 0.540. The van der Waals surface area contributed by atoms with Gasteiger partial charge in [0, 0.05) is 6.42 Å². The van der Waals surface area contributed by atoms with Gasteiger partial charge in [0.25, 0.3) is 0 Å². The highest BCUT2D eigenvalue weighted by Crippen LogP contribution is 2.54. The first-order valence-electron chi connectivity index (χ1n) is 6.28. The fraction of sp³-hybridized carbons (Fsp3) is 0.833. The minimum atomic E-state index is -5.53. The molecule has 0 aromatic rings. The predicted molar refractivity (Wildman–Crippen MR) is 63.4 cm³/mol. The van der Waals surface area contributed by atoms with Crippen molar-refractivity contribution in [2.24, 2.45) is 17.3 Å². The molecule has 0 bridgehead atoms. The van der Waals surface area contributed by atoms with E-state index in [0.717, 1.165) is 12.8 Å². The van der Waals surface area contributed by atoms with E-state index in [9.17, 15) is 21.6 Å². The van der Waals surface area contributed by atoms with E-state index < -0.39 is 15.6 Å². The minimum Gasteiger partial charge on any atom is -0.381 e. The summed E-state index contributed by atoms with van der Waals surface area (Å²) in [4.78, 5) is 0. The van der Waals surface area contributed by atoms with Gasteiger partial charge in [-0.2, -0.15) is 21.6 Å². The molecule has 0 amide bonds. The molecule has 2 rings (SSSR count). The average Bonchev–Trinajstić information content (AvgIpc) is 2.54. The molecule has 0 aromatic carbocycles. The van der Waals surface area contributed by atoms with Gasteiger partial charge in [-0.1, -0.05) is 13.8 Å². The molecule has 1 saturated carbocycles. The van der Waals surface area contributed by atoms with Gasteiger partial charge in [0.1, 0.15) is 5.76 Å². The summed E-state index contributed by atoms with van der Waals surface area (Å²) in [5.41, 5.74) is -5.31. The molecule has 0 radical (unpaired) electrons. The van der Waals surface area contributed by atoms with E-state index in [1.807, 2.05) is 0 Å². The summed E-state index contributed by atoms with van der Waals surface area (Å²) in [5, 5.41) is 0. The van der Waals surface area contributed by atoms with Crippen LogP contribution in [0.4, 0.5) is 13.2 Å². The van der Waals surface area contributed by atoms with Gasteiger partial charge in [0.2, 0.25) is 0 Å². The number of alkyl halides is 3. The average molecular weight is 298 g/mol. The summed E-state index contributed by atoms with van der Waals surface area (Å²) in [6, 6.07) is 0. The van der Waals surface area contributed by atoms with Crippen LogP contribution in [0.5, 0.6) is 0 Å². The van der Waals surface area contributed by atoms with E-state index in [0.29, 0.717) is 12.3 Å². The predicted octanol–water partition coefficient (Wildman–Crippen LogP) is 3.58. The van der Waals surface area contributed by atoms with Gasteiger partial charge in [0.05, 0.1) is 0 Å². The Morgan fingerprint density at radius 1 is 1.37 bits per heavy atom. The molecule has 2 aliphatic rings. The van der Waals surface area contributed by atoms with Crippen molar-refractivity contribution in [3.8, 4) is 0 Å². The Morgan fingerprint density at radius 2 is 2.00 bits per heavy atom. The molecule has 3 atom stereocenters. The van der Waals surface area contributed by atoms with Crippen LogP contribution in [0.1, 0.15) is 39.5 Å². The third-order valence-electron chi connectivity index (χ3n) is 4.68. The summed E-state index contributed by atoms with van der Waals surface area (Å²) in [6.07, 6.45) is 4.37. The van der Waals surface area contributed by atoms with Gasteiger partial charge in [-0.15, -0.1) is 0 Å². The molecule has 0 unspecified atom stereocenters. The first-order valence-corrected chi connectivity index (χ1v) is 7.68. The Morgan fingerprint density at radius 3 is 2.58 bits per heavy atom. The second-order valence-corrected chi connectivity index (χ2v) is 7.24. The van der Waals surface area contributed by atoms with Gasteiger partial charge >= 0.3 is 15.6 Å². The van der Waals surface area contributed by atoms with Crippen LogP contribution in [0.3, 0.4) is 0 Å². The lowest BCUT2D eigenvalue weighted by Crippen LogP contribution is -2.31. The standard InChI is InChI=1S/C12H17F3O3S/c1-8-3-4-9-7-10(5-6-11(8,9)2)18-19(16,17)12(13,14)15/h7-9H,3-6H2,1-2H3/t8-,9-,11+/m0/s1. The van der Waals surface area contributed by atoms with Crippen LogP contribution >= 0.6 is 0 Å². The van der Waals surface area contributed by atoms with Crippen molar-refractivity contribution in [3.05, 3.63) is 11.8 Å². The van der Waals surface area contributed by atoms with Crippen molar-refractivity contribution < 1.29 is 25.8 Å². The molecule has 0 spiro atoms. The van der Waals surface area contributed by atoms with Gasteiger partial charge in [-0.05, 0) is 42.6 Å². The molecule has 2 aliphatic carbocycles. The molecular weight excluding hydrogens is 281 g/mol. The second kappa shape index (κ2) is 4.40. The molecule has 0 N–H and O–H groups in total. The molecule has 7 heteroatoms. The normalized spacial score (nSPS) is 35.7. The number of allylic oxidation sites excluding steroid dienone is 2. The van der Waals surface area contributed by atoms with Gasteiger partial charge in [-0.25, -0.2) is 0 Å². The first-order chi connectivity index (χ1) is 8.56. The van der Waals surface area contributed by atoms with E-state index in [-0.39, 0.29) is 23.5 Å². The Bertz CT molecular complexity index is 495. The number of halogens is 3. The molecule has 110 valence electrons. The third-order valence-corrected chi connectivity index (χ3v) is 5.68. The summed E-state index contributed by atoms with van der Waals surface area (Å²) in [6.45, 7) is 4.24. The van der Waals surface area contributed by atoms with Crippen LogP contribution in [0.25, 0.3) is 0 Å². The lowest BCUT2D eigenvalue weighted by Gasteiger charge is -2.37. The Labute approximate surface area is 110 Å². The largest absolute Gasteiger partial charge is 0.534 e. The van der Waals surface area contributed by atoms with Crippen LogP contribution in [0, 0.1) is 17.3 Å². The smallest absolute Gasteiger partial charge is 0.381 e. The highest BCUT2D eigenvalue weighted by molar-refractivity contribution is 7.87. The van der Waals surface area contributed by atoms with Gasteiger partial charge in [-0.3, -0.25) is 0 Å². The zero-order valence-corrected chi connectivity index (χ0v) is 11.6.